The van der Waals surface area contributed by atoms with E-state index in [9.17, 15) is 0 Å². The van der Waals surface area contributed by atoms with Crippen LogP contribution in [0.15, 0.2) is 4.52 Å². The summed E-state index contributed by atoms with van der Waals surface area (Å²) in [5.74, 6) is 2.95. The Hall–Kier alpha value is -1.06. The highest BCUT2D eigenvalue weighted by atomic mass is 32.2. The van der Waals surface area contributed by atoms with Gasteiger partial charge in [0.15, 0.2) is 5.82 Å². The SMILES string of the molecule is N#CCSCc1nc(CC2CCOC2)no1. The molecule has 1 aliphatic heterocycles. The average Bonchev–Trinajstić information content (AvgIpc) is 2.91. The van der Waals surface area contributed by atoms with Crippen LogP contribution in [0.25, 0.3) is 0 Å². The van der Waals surface area contributed by atoms with Gasteiger partial charge in [-0.25, -0.2) is 0 Å². The van der Waals surface area contributed by atoms with Crippen molar-refractivity contribution < 1.29 is 9.26 Å². The first-order chi connectivity index (χ1) is 7.88. The summed E-state index contributed by atoms with van der Waals surface area (Å²) in [6.07, 6.45) is 1.90. The van der Waals surface area contributed by atoms with Crippen LogP contribution in [-0.2, 0) is 16.9 Å². The van der Waals surface area contributed by atoms with Gasteiger partial charge in [0.2, 0.25) is 5.89 Å². The Morgan fingerprint density at radius 3 is 3.25 bits per heavy atom. The number of hydrogen-bond donors (Lipinski definition) is 0. The van der Waals surface area contributed by atoms with E-state index in [-0.39, 0.29) is 0 Å². The predicted molar refractivity (Wildman–Crippen MR) is 58.7 cm³/mol. The topological polar surface area (TPSA) is 71.9 Å². The van der Waals surface area contributed by atoms with Crippen LogP contribution in [-0.4, -0.2) is 29.1 Å². The van der Waals surface area contributed by atoms with Crippen molar-refractivity contribution in [2.75, 3.05) is 19.0 Å². The number of nitriles is 1. The second kappa shape index (κ2) is 5.87. The first kappa shape index (κ1) is 11.4. The standard InChI is InChI=1S/C10H13N3O2S/c11-2-4-16-7-10-12-9(13-15-10)5-8-1-3-14-6-8/h8H,1,3-7H2. The fraction of sp³-hybridized carbons (Fsp3) is 0.700. The highest BCUT2D eigenvalue weighted by molar-refractivity contribution is 7.98. The maximum atomic E-state index is 8.39. The van der Waals surface area contributed by atoms with Gasteiger partial charge in [0, 0.05) is 19.6 Å². The van der Waals surface area contributed by atoms with E-state index in [0.717, 1.165) is 31.9 Å². The maximum absolute atomic E-state index is 8.39. The summed E-state index contributed by atoms with van der Waals surface area (Å²) in [5.41, 5.74) is 0. The van der Waals surface area contributed by atoms with Crippen LogP contribution < -0.4 is 0 Å². The third-order valence-electron chi connectivity index (χ3n) is 2.40. The second-order valence-corrected chi connectivity index (χ2v) is 4.67. The summed E-state index contributed by atoms with van der Waals surface area (Å²) in [7, 11) is 0. The average molecular weight is 239 g/mol. The lowest BCUT2D eigenvalue weighted by Crippen LogP contribution is -2.04. The number of ether oxygens (including phenoxy) is 1. The van der Waals surface area contributed by atoms with Crippen LogP contribution in [0.1, 0.15) is 18.1 Å². The van der Waals surface area contributed by atoms with E-state index >= 15 is 0 Å². The van der Waals surface area contributed by atoms with E-state index in [1.54, 1.807) is 0 Å². The molecule has 1 fully saturated rings. The molecule has 16 heavy (non-hydrogen) atoms. The van der Waals surface area contributed by atoms with Crippen molar-refractivity contribution in [2.24, 2.45) is 5.92 Å². The minimum atomic E-state index is 0.453. The molecule has 0 saturated carbocycles. The van der Waals surface area contributed by atoms with Crippen molar-refractivity contribution >= 4 is 11.8 Å². The minimum absolute atomic E-state index is 0.453. The molecule has 0 aromatic carbocycles. The van der Waals surface area contributed by atoms with Crippen molar-refractivity contribution in [1.82, 2.24) is 10.1 Å². The fourth-order valence-electron chi connectivity index (χ4n) is 1.62. The minimum Gasteiger partial charge on any atom is -0.381 e. The summed E-state index contributed by atoms with van der Waals surface area (Å²) < 4.78 is 10.4. The molecular weight excluding hydrogens is 226 g/mol. The highest BCUT2D eigenvalue weighted by Gasteiger charge is 2.18. The number of hydrogen-bond acceptors (Lipinski definition) is 6. The largest absolute Gasteiger partial charge is 0.381 e. The van der Waals surface area contributed by atoms with Crippen LogP contribution >= 0.6 is 11.8 Å². The molecule has 1 atom stereocenters. The van der Waals surface area contributed by atoms with Gasteiger partial charge in [0.1, 0.15) is 0 Å². The van der Waals surface area contributed by atoms with Gasteiger partial charge in [-0.3, -0.25) is 0 Å². The molecule has 1 aromatic rings. The van der Waals surface area contributed by atoms with Gasteiger partial charge in [0.05, 0.1) is 17.6 Å². The predicted octanol–water partition coefficient (Wildman–Crippen LogP) is 1.41. The Labute approximate surface area is 98.2 Å². The quantitative estimate of drug-likeness (QED) is 0.723. The monoisotopic (exact) mass is 239 g/mol. The number of aromatic nitrogens is 2. The third kappa shape index (κ3) is 3.22. The van der Waals surface area contributed by atoms with Crippen molar-refractivity contribution in [3.8, 4) is 6.07 Å². The number of thioether (sulfide) groups is 1. The molecule has 86 valence electrons. The van der Waals surface area contributed by atoms with Crippen LogP contribution in [0.2, 0.25) is 0 Å². The smallest absolute Gasteiger partial charge is 0.236 e. The van der Waals surface area contributed by atoms with Crippen LogP contribution in [0.5, 0.6) is 0 Å². The molecule has 0 N–H and O–H groups in total. The molecule has 0 radical (unpaired) electrons. The zero-order valence-corrected chi connectivity index (χ0v) is 9.70. The van der Waals surface area contributed by atoms with E-state index in [4.69, 9.17) is 14.5 Å². The summed E-state index contributed by atoms with van der Waals surface area (Å²) >= 11 is 1.48. The summed E-state index contributed by atoms with van der Waals surface area (Å²) in [4.78, 5) is 4.28. The second-order valence-electron chi connectivity index (χ2n) is 3.69. The molecule has 1 unspecified atom stereocenters. The van der Waals surface area contributed by atoms with E-state index in [1.165, 1.54) is 11.8 Å². The molecular formula is C10H13N3O2S. The molecule has 1 saturated heterocycles. The highest BCUT2D eigenvalue weighted by Crippen LogP contribution is 2.17. The van der Waals surface area contributed by atoms with Crippen molar-refractivity contribution in [3.63, 3.8) is 0 Å². The lowest BCUT2D eigenvalue weighted by molar-refractivity contribution is 0.185. The van der Waals surface area contributed by atoms with Crippen LogP contribution in [0, 0.1) is 17.2 Å². The summed E-state index contributed by atoms with van der Waals surface area (Å²) in [5, 5.41) is 12.3. The number of nitrogens with zero attached hydrogens (tertiary/aromatic N) is 3. The summed E-state index contributed by atoms with van der Waals surface area (Å²) in [6, 6.07) is 2.06. The molecule has 0 amide bonds. The normalized spacial score (nSPS) is 19.8. The van der Waals surface area contributed by atoms with Gasteiger partial charge < -0.3 is 9.26 Å². The Kier molecular flexibility index (Phi) is 4.19. The molecule has 2 heterocycles. The van der Waals surface area contributed by atoms with Crippen molar-refractivity contribution in [3.05, 3.63) is 11.7 Å². The van der Waals surface area contributed by atoms with E-state index < -0.39 is 0 Å². The lowest BCUT2D eigenvalue weighted by Gasteiger charge is -2.00. The van der Waals surface area contributed by atoms with E-state index in [2.05, 4.69) is 16.2 Å². The first-order valence-corrected chi connectivity index (χ1v) is 6.38. The van der Waals surface area contributed by atoms with Crippen LogP contribution in [0.3, 0.4) is 0 Å². The summed E-state index contributed by atoms with van der Waals surface area (Å²) in [6.45, 7) is 1.64. The van der Waals surface area contributed by atoms with Gasteiger partial charge in [-0.1, -0.05) is 5.16 Å². The maximum Gasteiger partial charge on any atom is 0.236 e. The van der Waals surface area contributed by atoms with Gasteiger partial charge in [-0.2, -0.15) is 10.2 Å². The molecule has 6 heteroatoms. The Bertz CT molecular complexity index is 368. The Morgan fingerprint density at radius 1 is 1.56 bits per heavy atom. The van der Waals surface area contributed by atoms with Gasteiger partial charge in [0.25, 0.3) is 0 Å². The lowest BCUT2D eigenvalue weighted by atomic mass is 10.1. The molecule has 0 aliphatic carbocycles. The zero-order valence-electron chi connectivity index (χ0n) is 8.89. The fourth-order valence-corrected chi connectivity index (χ4v) is 2.10. The molecule has 5 nitrogen and oxygen atoms in total. The molecule has 1 aromatic heterocycles. The Morgan fingerprint density at radius 2 is 2.50 bits per heavy atom. The molecule has 2 rings (SSSR count). The van der Waals surface area contributed by atoms with Crippen molar-refractivity contribution in [2.45, 2.75) is 18.6 Å². The molecule has 1 aliphatic rings. The van der Waals surface area contributed by atoms with E-state index in [1.807, 2.05) is 0 Å². The van der Waals surface area contributed by atoms with Gasteiger partial charge in [-0.05, 0) is 12.3 Å². The van der Waals surface area contributed by atoms with Crippen molar-refractivity contribution in [1.29, 1.82) is 5.26 Å². The van der Waals surface area contributed by atoms with Crippen LogP contribution in [0.4, 0.5) is 0 Å². The molecule has 0 spiro atoms. The van der Waals surface area contributed by atoms with E-state index in [0.29, 0.717) is 23.3 Å². The third-order valence-corrected chi connectivity index (χ3v) is 3.18. The Balaban J connectivity index is 1.80. The number of rotatable bonds is 5. The zero-order chi connectivity index (χ0) is 11.2. The first-order valence-electron chi connectivity index (χ1n) is 5.22. The van der Waals surface area contributed by atoms with Gasteiger partial charge in [-0.15, -0.1) is 11.8 Å². The van der Waals surface area contributed by atoms with Gasteiger partial charge >= 0.3 is 0 Å². The molecule has 0 bridgehead atoms.